The van der Waals surface area contributed by atoms with Crippen LogP contribution >= 0.6 is 11.8 Å². The molecule has 1 heterocycles. The molecule has 0 aliphatic heterocycles. The lowest BCUT2D eigenvalue weighted by atomic mass is 10.1. The summed E-state index contributed by atoms with van der Waals surface area (Å²) in [7, 11) is 1.59. The van der Waals surface area contributed by atoms with Gasteiger partial charge in [-0.2, -0.15) is 0 Å². The Hall–Kier alpha value is -2.80. The van der Waals surface area contributed by atoms with Crippen molar-refractivity contribution < 1.29 is 18.7 Å². The Balaban J connectivity index is 1.58. The van der Waals surface area contributed by atoms with Crippen molar-refractivity contribution in [3.05, 3.63) is 65.0 Å². The molecule has 3 rings (SSSR count). The minimum Gasteiger partial charge on any atom is -0.496 e. The number of hydrogen-bond donors (Lipinski definition) is 0. The van der Waals surface area contributed by atoms with E-state index in [-0.39, 0.29) is 6.61 Å². The highest BCUT2D eigenvalue weighted by Crippen LogP contribution is 2.28. The molecule has 0 aliphatic rings. The zero-order valence-electron chi connectivity index (χ0n) is 14.5. The van der Waals surface area contributed by atoms with Crippen molar-refractivity contribution in [2.75, 3.05) is 7.11 Å². The van der Waals surface area contributed by atoms with Crippen LogP contribution < -0.4 is 9.47 Å². The average Bonchev–Trinajstić information content (AvgIpc) is 3.13. The Bertz CT molecular complexity index is 878. The van der Waals surface area contributed by atoms with Gasteiger partial charge in [0.25, 0.3) is 11.1 Å². The topological polar surface area (TPSA) is 74.5 Å². The van der Waals surface area contributed by atoms with Crippen LogP contribution in [0, 0.1) is 6.92 Å². The molecule has 0 saturated carbocycles. The largest absolute Gasteiger partial charge is 0.496 e. The Labute approximate surface area is 155 Å². The first-order valence-electron chi connectivity index (χ1n) is 7.94. The van der Waals surface area contributed by atoms with E-state index in [1.807, 2.05) is 31.2 Å². The first-order chi connectivity index (χ1) is 12.7. The van der Waals surface area contributed by atoms with Crippen LogP contribution in [0.3, 0.4) is 0 Å². The van der Waals surface area contributed by atoms with Crippen LogP contribution in [0.1, 0.15) is 27.4 Å². The third-order valence-corrected chi connectivity index (χ3v) is 4.49. The van der Waals surface area contributed by atoms with Crippen molar-refractivity contribution in [1.82, 2.24) is 10.2 Å². The van der Waals surface area contributed by atoms with Crippen LogP contribution in [-0.4, -0.2) is 23.6 Å². The highest BCUT2D eigenvalue weighted by atomic mass is 32.2. The monoisotopic (exact) mass is 370 g/mol. The van der Waals surface area contributed by atoms with Gasteiger partial charge >= 0.3 is 0 Å². The van der Waals surface area contributed by atoms with Crippen LogP contribution in [-0.2, 0) is 12.4 Å². The van der Waals surface area contributed by atoms with Gasteiger partial charge < -0.3 is 13.9 Å². The number of hydrogen-bond acceptors (Lipinski definition) is 7. The highest BCUT2D eigenvalue weighted by Gasteiger charge is 2.11. The minimum absolute atomic E-state index is 0.209. The van der Waals surface area contributed by atoms with Crippen LogP contribution in [0.15, 0.2) is 52.1 Å². The summed E-state index contributed by atoms with van der Waals surface area (Å²) in [5, 5.41) is 8.44. The molecule has 0 bridgehead atoms. The summed E-state index contributed by atoms with van der Waals surface area (Å²) in [5.41, 5.74) is 2.65. The molecule has 1 aromatic heterocycles. The quantitative estimate of drug-likeness (QED) is 0.437. The fourth-order valence-corrected chi connectivity index (χ4v) is 3.02. The minimum atomic E-state index is 0.209. The molecule has 26 heavy (non-hydrogen) atoms. The van der Waals surface area contributed by atoms with Gasteiger partial charge in [0.05, 0.1) is 7.11 Å². The maximum absolute atomic E-state index is 10.9. The van der Waals surface area contributed by atoms with Crippen molar-refractivity contribution in [3.63, 3.8) is 0 Å². The van der Waals surface area contributed by atoms with E-state index in [9.17, 15) is 4.79 Å². The maximum atomic E-state index is 10.9. The number of rotatable bonds is 8. The summed E-state index contributed by atoms with van der Waals surface area (Å²) in [5.74, 6) is 2.41. The molecule has 2 aromatic carbocycles. The van der Waals surface area contributed by atoms with Gasteiger partial charge in [-0.25, -0.2) is 0 Å². The van der Waals surface area contributed by atoms with Gasteiger partial charge in [0, 0.05) is 16.9 Å². The van der Waals surface area contributed by atoms with Gasteiger partial charge in [0.1, 0.15) is 17.8 Å². The predicted molar refractivity (Wildman–Crippen MR) is 97.8 cm³/mol. The van der Waals surface area contributed by atoms with Crippen LogP contribution in [0.4, 0.5) is 0 Å². The van der Waals surface area contributed by atoms with Gasteiger partial charge in [-0.15, -0.1) is 10.2 Å². The molecule has 0 unspecified atom stereocenters. The fourth-order valence-electron chi connectivity index (χ4n) is 2.26. The molecule has 7 heteroatoms. The molecule has 0 atom stereocenters. The van der Waals surface area contributed by atoms with Gasteiger partial charge in [-0.1, -0.05) is 29.5 Å². The molecule has 6 nitrogen and oxygen atoms in total. The van der Waals surface area contributed by atoms with E-state index in [1.54, 1.807) is 25.3 Å². The fraction of sp³-hybridized carbons (Fsp3) is 0.211. The van der Waals surface area contributed by atoms with E-state index in [2.05, 4.69) is 10.2 Å². The number of methoxy groups -OCH3 is 1. The number of ether oxygens (including phenoxy) is 2. The van der Waals surface area contributed by atoms with Gasteiger partial charge in [-0.3, -0.25) is 4.79 Å². The Morgan fingerprint density at radius 2 is 1.96 bits per heavy atom. The Morgan fingerprint density at radius 1 is 1.15 bits per heavy atom. The lowest BCUT2D eigenvalue weighted by Gasteiger charge is -2.07. The average molecular weight is 370 g/mol. The third kappa shape index (κ3) is 4.64. The van der Waals surface area contributed by atoms with E-state index in [4.69, 9.17) is 13.9 Å². The number of aromatic nitrogens is 2. The van der Waals surface area contributed by atoms with Crippen LogP contribution in [0.5, 0.6) is 11.5 Å². The number of aryl methyl sites for hydroxylation is 1. The summed E-state index contributed by atoms with van der Waals surface area (Å²) >= 11 is 1.37. The molecule has 0 saturated heterocycles. The number of aldehydes is 1. The van der Waals surface area contributed by atoms with Gasteiger partial charge in [0.2, 0.25) is 0 Å². The molecular weight excluding hydrogens is 352 g/mol. The summed E-state index contributed by atoms with van der Waals surface area (Å²) in [6.45, 7) is 2.23. The third-order valence-electron chi connectivity index (χ3n) is 3.62. The van der Waals surface area contributed by atoms with Crippen molar-refractivity contribution in [2.45, 2.75) is 24.5 Å². The second kappa shape index (κ2) is 8.53. The number of carbonyl (C=O) groups is 1. The second-order valence-corrected chi connectivity index (χ2v) is 6.47. The molecular formula is C19H18N2O4S. The summed E-state index contributed by atoms with van der Waals surface area (Å²) in [6.07, 6.45) is 0.806. The van der Waals surface area contributed by atoms with Crippen LogP contribution in [0.2, 0.25) is 0 Å². The summed E-state index contributed by atoms with van der Waals surface area (Å²) in [4.78, 5) is 10.9. The standard InChI is InChI=1S/C19H18N2O4S/c1-13-3-6-16(7-4-13)24-11-18-20-21-19(25-18)26-12-15-9-14(10-22)5-8-17(15)23-2/h3-10H,11-12H2,1-2H3. The smallest absolute Gasteiger partial charge is 0.277 e. The molecule has 0 radical (unpaired) electrons. The predicted octanol–water partition coefficient (Wildman–Crippen LogP) is 4.07. The van der Waals surface area contributed by atoms with Gasteiger partial charge in [-0.05, 0) is 37.3 Å². The molecule has 0 N–H and O–H groups in total. The molecule has 0 aliphatic carbocycles. The molecule has 134 valence electrons. The lowest BCUT2D eigenvalue weighted by Crippen LogP contribution is -1.95. The Morgan fingerprint density at radius 3 is 2.69 bits per heavy atom. The van der Waals surface area contributed by atoms with E-state index in [0.717, 1.165) is 17.6 Å². The first kappa shape index (κ1) is 18.0. The first-order valence-corrected chi connectivity index (χ1v) is 8.93. The van der Waals surface area contributed by atoms with E-state index in [1.165, 1.54) is 17.3 Å². The second-order valence-electron chi connectivity index (χ2n) is 5.54. The normalized spacial score (nSPS) is 10.5. The van der Waals surface area contributed by atoms with Crippen molar-refractivity contribution in [1.29, 1.82) is 0 Å². The number of benzene rings is 2. The van der Waals surface area contributed by atoms with Crippen molar-refractivity contribution >= 4 is 18.0 Å². The van der Waals surface area contributed by atoms with E-state index < -0.39 is 0 Å². The SMILES string of the molecule is COc1ccc(C=O)cc1CSc1nnc(COc2ccc(C)cc2)o1. The van der Waals surface area contributed by atoms with Gasteiger partial charge in [0.15, 0.2) is 6.61 Å². The van der Waals surface area contributed by atoms with Crippen molar-refractivity contribution in [2.24, 2.45) is 0 Å². The number of thioether (sulfide) groups is 1. The zero-order valence-corrected chi connectivity index (χ0v) is 15.3. The molecule has 0 spiro atoms. The van der Waals surface area contributed by atoms with E-state index in [0.29, 0.717) is 28.2 Å². The van der Waals surface area contributed by atoms with E-state index >= 15 is 0 Å². The van der Waals surface area contributed by atoms with Crippen molar-refractivity contribution in [3.8, 4) is 11.5 Å². The zero-order chi connectivity index (χ0) is 18.4. The lowest BCUT2D eigenvalue weighted by molar-refractivity contribution is 0.112. The number of nitrogens with zero attached hydrogens (tertiary/aromatic N) is 2. The maximum Gasteiger partial charge on any atom is 0.277 e. The summed E-state index contributed by atoms with van der Waals surface area (Å²) < 4.78 is 16.5. The molecule has 0 amide bonds. The molecule has 0 fully saturated rings. The summed E-state index contributed by atoms with van der Waals surface area (Å²) in [6, 6.07) is 13.0. The Kier molecular flexibility index (Phi) is 5.91. The number of carbonyl (C=O) groups excluding carboxylic acids is 1. The highest BCUT2D eigenvalue weighted by molar-refractivity contribution is 7.98. The molecule has 3 aromatic rings. The van der Waals surface area contributed by atoms with Crippen LogP contribution in [0.25, 0.3) is 0 Å².